The van der Waals surface area contributed by atoms with Gasteiger partial charge >= 0.3 is 0 Å². The van der Waals surface area contributed by atoms with Gasteiger partial charge in [-0.15, -0.1) is 0 Å². The van der Waals surface area contributed by atoms with E-state index in [1.165, 1.54) is 0 Å². The van der Waals surface area contributed by atoms with Gasteiger partial charge < -0.3 is 15.7 Å². The van der Waals surface area contributed by atoms with Gasteiger partial charge in [-0.2, -0.15) is 0 Å². The summed E-state index contributed by atoms with van der Waals surface area (Å²) in [5.41, 5.74) is 6.61. The van der Waals surface area contributed by atoms with Crippen LogP contribution in [0, 0.1) is 0 Å². The van der Waals surface area contributed by atoms with Gasteiger partial charge in [0.2, 0.25) is 0 Å². The summed E-state index contributed by atoms with van der Waals surface area (Å²) >= 11 is 0. The van der Waals surface area contributed by atoms with Crippen molar-refractivity contribution >= 4 is 11.5 Å². The summed E-state index contributed by atoms with van der Waals surface area (Å²) < 4.78 is 0. The summed E-state index contributed by atoms with van der Waals surface area (Å²) in [6.07, 6.45) is 2.73. The molecule has 1 heterocycles. The van der Waals surface area contributed by atoms with Gasteiger partial charge in [0.25, 0.3) is 0 Å². The Bertz CT molecular complexity index is 272. The molecular weight excluding hydrogens is 178 g/mol. The number of aromatic nitrogens is 1. The van der Waals surface area contributed by atoms with Crippen LogP contribution < -0.4 is 10.6 Å². The van der Waals surface area contributed by atoms with Gasteiger partial charge in [-0.1, -0.05) is 6.92 Å². The Morgan fingerprint density at radius 1 is 1.50 bits per heavy atom. The van der Waals surface area contributed by atoms with E-state index in [0.717, 1.165) is 18.7 Å². The number of aliphatic hydroxyl groups is 1. The van der Waals surface area contributed by atoms with Gasteiger partial charge in [-0.25, -0.2) is 4.98 Å². The van der Waals surface area contributed by atoms with E-state index >= 15 is 0 Å². The molecule has 0 unspecified atom stereocenters. The number of aliphatic hydroxyl groups excluding tert-OH is 1. The highest BCUT2D eigenvalue weighted by Crippen LogP contribution is 2.15. The second-order valence-electron chi connectivity index (χ2n) is 3.15. The first kappa shape index (κ1) is 10.8. The van der Waals surface area contributed by atoms with Crippen molar-refractivity contribution in [2.75, 3.05) is 30.3 Å². The lowest BCUT2D eigenvalue weighted by molar-refractivity contribution is 0.302. The molecule has 0 atom stereocenters. The normalized spacial score (nSPS) is 10.1. The van der Waals surface area contributed by atoms with E-state index in [9.17, 15) is 0 Å². The van der Waals surface area contributed by atoms with E-state index in [1.807, 2.05) is 12.1 Å². The summed E-state index contributed by atoms with van der Waals surface area (Å²) in [6, 6.07) is 3.73. The van der Waals surface area contributed by atoms with Crippen LogP contribution >= 0.6 is 0 Å². The predicted molar refractivity (Wildman–Crippen MR) is 58.2 cm³/mol. The van der Waals surface area contributed by atoms with Crippen molar-refractivity contribution in [1.29, 1.82) is 0 Å². The van der Waals surface area contributed by atoms with Crippen LogP contribution in [0.15, 0.2) is 18.3 Å². The molecule has 1 rings (SSSR count). The Balaban J connectivity index is 2.75. The zero-order valence-corrected chi connectivity index (χ0v) is 8.48. The standard InChI is InChI=1S/C10H17N3O/c1-2-5-13(6-7-14)9-3-4-12-10(11)8-9/h3-4,8,14H,2,5-7H2,1H3,(H2,11,12). The number of nitrogens with two attached hydrogens (primary N) is 1. The Labute approximate surface area is 84.4 Å². The smallest absolute Gasteiger partial charge is 0.125 e. The molecule has 3 N–H and O–H groups in total. The molecule has 0 amide bonds. The first-order valence-electron chi connectivity index (χ1n) is 4.85. The predicted octanol–water partition coefficient (Wildman–Crippen LogP) is 0.873. The third kappa shape index (κ3) is 2.88. The fraction of sp³-hybridized carbons (Fsp3) is 0.500. The maximum absolute atomic E-state index is 8.91. The summed E-state index contributed by atoms with van der Waals surface area (Å²) in [7, 11) is 0. The highest BCUT2D eigenvalue weighted by atomic mass is 16.3. The van der Waals surface area contributed by atoms with Crippen molar-refractivity contribution in [3.05, 3.63) is 18.3 Å². The zero-order chi connectivity index (χ0) is 10.4. The lowest BCUT2D eigenvalue weighted by Gasteiger charge is -2.23. The topological polar surface area (TPSA) is 62.4 Å². The zero-order valence-electron chi connectivity index (χ0n) is 8.48. The minimum atomic E-state index is 0.155. The molecule has 0 aliphatic heterocycles. The Morgan fingerprint density at radius 2 is 2.29 bits per heavy atom. The SMILES string of the molecule is CCCN(CCO)c1ccnc(N)c1. The highest BCUT2D eigenvalue weighted by molar-refractivity contribution is 5.51. The van der Waals surface area contributed by atoms with Crippen LogP contribution in [0.4, 0.5) is 11.5 Å². The number of nitrogen functional groups attached to an aromatic ring is 1. The first-order chi connectivity index (χ1) is 6.77. The Morgan fingerprint density at radius 3 is 2.86 bits per heavy atom. The van der Waals surface area contributed by atoms with Crippen LogP contribution in [0.2, 0.25) is 0 Å². The van der Waals surface area contributed by atoms with E-state index in [0.29, 0.717) is 12.4 Å². The minimum absolute atomic E-state index is 0.155. The molecule has 0 spiro atoms. The maximum atomic E-state index is 8.91. The van der Waals surface area contributed by atoms with Crippen molar-refractivity contribution in [3.63, 3.8) is 0 Å². The lowest BCUT2D eigenvalue weighted by Crippen LogP contribution is -2.27. The number of pyridine rings is 1. The molecule has 0 aromatic carbocycles. The third-order valence-corrected chi connectivity index (χ3v) is 1.99. The molecule has 14 heavy (non-hydrogen) atoms. The molecule has 1 aromatic rings. The van der Waals surface area contributed by atoms with Crippen molar-refractivity contribution in [3.8, 4) is 0 Å². The average molecular weight is 195 g/mol. The molecule has 4 heteroatoms. The largest absolute Gasteiger partial charge is 0.395 e. The molecule has 0 fully saturated rings. The summed E-state index contributed by atoms with van der Waals surface area (Å²) in [4.78, 5) is 6.03. The lowest BCUT2D eigenvalue weighted by atomic mass is 10.3. The van der Waals surface area contributed by atoms with Gasteiger partial charge in [0, 0.05) is 31.0 Å². The van der Waals surface area contributed by atoms with Gasteiger partial charge in [0.1, 0.15) is 5.82 Å². The van der Waals surface area contributed by atoms with Crippen LogP contribution in [-0.4, -0.2) is 29.8 Å². The summed E-state index contributed by atoms with van der Waals surface area (Å²) in [5.74, 6) is 0.515. The van der Waals surface area contributed by atoms with Gasteiger partial charge in [0.05, 0.1) is 6.61 Å². The minimum Gasteiger partial charge on any atom is -0.395 e. The van der Waals surface area contributed by atoms with E-state index < -0.39 is 0 Å². The van der Waals surface area contributed by atoms with Crippen LogP contribution in [-0.2, 0) is 0 Å². The van der Waals surface area contributed by atoms with Crippen LogP contribution in [0.5, 0.6) is 0 Å². The quantitative estimate of drug-likeness (QED) is 0.732. The number of rotatable bonds is 5. The molecule has 0 aliphatic carbocycles. The molecule has 0 bridgehead atoms. The van der Waals surface area contributed by atoms with Crippen LogP contribution in [0.3, 0.4) is 0 Å². The summed E-state index contributed by atoms with van der Waals surface area (Å²) in [6.45, 7) is 3.82. The second-order valence-corrected chi connectivity index (χ2v) is 3.15. The molecule has 1 aromatic heterocycles. The van der Waals surface area contributed by atoms with E-state index in [-0.39, 0.29) is 6.61 Å². The molecule has 4 nitrogen and oxygen atoms in total. The molecule has 0 aliphatic rings. The van der Waals surface area contributed by atoms with E-state index in [1.54, 1.807) is 6.20 Å². The fourth-order valence-electron chi connectivity index (χ4n) is 1.39. The highest BCUT2D eigenvalue weighted by Gasteiger charge is 2.04. The number of hydrogen-bond donors (Lipinski definition) is 2. The van der Waals surface area contributed by atoms with Crippen molar-refractivity contribution in [2.45, 2.75) is 13.3 Å². The van der Waals surface area contributed by atoms with Crippen molar-refractivity contribution in [2.24, 2.45) is 0 Å². The molecule has 0 saturated heterocycles. The Hall–Kier alpha value is -1.29. The first-order valence-corrected chi connectivity index (χ1v) is 4.85. The molecule has 0 saturated carbocycles. The molecule has 78 valence electrons. The number of anilines is 2. The maximum Gasteiger partial charge on any atom is 0.125 e. The van der Waals surface area contributed by atoms with Gasteiger partial charge in [0.15, 0.2) is 0 Å². The molecular formula is C10H17N3O. The second kappa shape index (κ2) is 5.44. The third-order valence-electron chi connectivity index (χ3n) is 1.99. The van der Waals surface area contributed by atoms with Gasteiger partial charge in [-0.3, -0.25) is 0 Å². The fourth-order valence-corrected chi connectivity index (χ4v) is 1.39. The molecule has 0 radical (unpaired) electrons. The van der Waals surface area contributed by atoms with Crippen LogP contribution in [0.25, 0.3) is 0 Å². The number of hydrogen-bond acceptors (Lipinski definition) is 4. The van der Waals surface area contributed by atoms with Crippen molar-refractivity contribution in [1.82, 2.24) is 4.98 Å². The monoisotopic (exact) mass is 195 g/mol. The van der Waals surface area contributed by atoms with Gasteiger partial charge in [-0.05, 0) is 12.5 Å². The van der Waals surface area contributed by atoms with Crippen molar-refractivity contribution < 1.29 is 5.11 Å². The average Bonchev–Trinajstić information content (AvgIpc) is 2.17. The Kier molecular flexibility index (Phi) is 4.19. The summed E-state index contributed by atoms with van der Waals surface area (Å²) in [5, 5.41) is 8.91. The van der Waals surface area contributed by atoms with Crippen LogP contribution in [0.1, 0.15) is 13.3 Å². The van der Waals surface area contributed by atoms with E-state index in [4.69, 9.17) is 10.8 Å². The number of nitrogens with zero attached hydrogens (tertiary/aromatic N) is 2. The van der Waals surface area contributed by atoms with E-state index in [2.05, 4.69) is 16.8 Å².